The number of sulfonamides is 1. The normalized spacial score (nSPS) is 33.7. The molecule has 1 saturated carbocycles. The maximum absolute atomic E-state index is 12.4. The maximum atomic E-state index is 12.4. The van der Waals surface area contributed by atoms with Crippen LogP contribution in [0, 0.1) is 11.8 Å². The Labute approximate surface area is 131 Å². The maximum Gasteiger partial charge on any atom is 0.226 e. The third-order valence-corrected chi connectivity index (χ3v) is 6.58. The minimum atomic E-state index is -3.36. The molecule has 8 heteroatoms. The van der Waals surface area contributed by atoms with Gasteiger partial charge in [-0.05, 0) is 12.3 Å². The number of nitrogens with zero attached hydrogens (tertiary/aromatic N) is 2. The van der Waals surface area contributed by atoms with Gasteiger partial charge >= 0.3 is 0 Å². The number of hydrogen-bond donors (Lipinski definition) is 0. The summed E-state index contributed by atoms with van der Waals surface area (Å²) in [4.78, 5) is 14.1. The fraction of sp³-hybridized carbons (Fsp3) is 0.929. The van der Waals surface area contributed by atoms with E-state index in [9.17, 15) is 13.2 Å². The lowest BCUT2D eigenvalue weighted by Gasteiger charge is -2.34. The molecule has 1 amide bonds. The topological polar surface area (TPSA) is 76.2 Å². The molecule has 3 fully saturated rings. The quantitative estimate of drug-likeness (QED) is 0.696. The summed E-state index contributed by atoms with van der Waals surface area (Å²) in [5.74, 6) is 0.696. The average molecular weight is 332 g/mol. The first-order valence-electron chi connectivity index (χ1n) is 7.93. The van der Waals surface area contributed by atoms with Gasteiger partial charge in [-0.25, -0.2) is 8.42 Å². The van der Waals surface area contributed by atoms with Crippen molar-refractivity contribution in [1.82, 2.24) is 9.21 Å². The van der Waals surface area contributed by atoms with E-state index < -0.39 is 16.1 Å². The van der Waals surface area contributed by atoms with Crippen LogP contribution in [0.2, 0.25) is 0 Å². The van der Waals surface area contributed by atoms with E-state index in [0.29, 0.717) is 51.9 Å². The zero-order valence-corrected chi connectivity index (χ0v) is 13.8. The van der Waals surface area contributed by atoms with E-state index in [4.69, 9.17) is 9.47 Å². The smallest absolute Gasteiger partial charge is 0.226 e. The van der Waals surface area contributed by atoms with Crippen LogP contribution in [0.5, 0.6) is 0 Å². The molecule has 1 aliphatic carbocycles. The molecule has 3 aliphatic rings. The molecule has 0 aromatic carbocycles. The Balaban J connectivity index is 1.56. The van der Waals surface area contributed by atoms with Gasteiger partial charge in [-0.2, -0.15) is 4.31 Å². The second kappa shape index (κ2) is 6.43. The third kappa shape index (κ3) is 3.61. The fourth-order valence-electron chi connectivity index (χ4n) is 3.09. The summed E-state index contributed by atoms with van der Waals surface area (Å²) < 4.78 is 37.1. The number of carbonyl (C=O) groups is 1. The van der Waals surface area contributed by atoms with Crippen molar-refractivity contribution in [1.29, 1.82) is 0 Å². The van der Waals surface area contributed by atoms with Crippen molar-refractivity contribution >= 4 is 15.9 Å². The lowest BCUT2D eigenvalue weighted by molar-refractivity contribution is -0.139. The molecule has 3 rings (SSSR count). The summed E-state index contributed by atoms with van der Waals surface area (Å²) in [6, 6.07) is 0. The van der Waals surface area contributed by atoms with Crippen LogP contribution in [0.4, 0.5) is 0 Å². The van der Waals surface area contributed by atoms with Crippen molar-refractivity contribution < 1.29 is 22.7 Å². The second-order valence-corrected chi connectivity index (χ2v) is 8.40. The average Bonchev–Trinajstić information content (AvgIpc) is 3.24. The lowest BCUT2D eigenvalue weighted by Crippen LogP contribution is -2.51. The largest absolute Gasteiger partial charge is 0.379 e. The molecule has 0 spiro atoms. The van der Waals surface area contributed by atoms with Crippen LogP contribution < -0.4 is 0 Å². The van der Waals surface area contributed by atoms with Crippen LogP contribution in [-0.2, 0) is 24.3 Å². The Morgan fingerprint density at radius 1 is 1.18 bits per heavy atom. The number of morpholine rings is 2. The number of carbonyl (C=O) groups excluding carboxylic acids is 1. The molecular weight excluding hydrogens is 308 g/mol. The molecule has 0 unspecified atom stereocenters. The predicted molar refractivity (Wildman–Crippen MR) is 79.8 cm³/mol. The van der Waals surface area contributed by atoms with Gasteiger partial charge in [0.2, 0.25) is 15.9 Å². The molecule has 0 N–H and O–H groups in total. The van der Waals surface area contributed by atoms with Gasteiger partial charge in [-0.3, -0.25) is 4.79 Å². The van der Waals surface area contributed by atoms with Gasteiger partial charge < -0.3 is 14.4 Å². The fourth-order valence-corrected chi connectivity index (χ4v) is 4.67. The van der Waals surface area contributed by atoms with Gasteiger partial charge in [-0.15, -0.1) is 0 Å². The monoisotopic (exact) mass is 332 g/mol. The highest BCUT2D eigenvalue weighted by molar-refractivity contribution is 7.89. The molecule has 126 valence electrons. The highest BCUT2D eigenvalue weighted by Crippen LogP contribution is 2.39. The molecule has 0 aromatic heterocycles. The molecular formula is C14H24N2O5S. The predicted octanol–water partition coefficient (Wildman–Crippen LogP) is -0.468. The Morgan fingerprint density at radius 3 is 2.50 bits per heavy atom. The summed E-state index contributed by atoms with van der Waals surface area (Å²) in [5.41, 5.74) is 0. The summed E-state index contributed by atoms with van der Waals surface area (Å²) >= 11 is 0. The van der Waals surface area contributed by atoms with Crippen molar-refractivity contribution in [2.45, 2.75) is 19.4 Å². The Kier molecular flexibility index (Phi) is 4.72. The van der Waals surface area contributed by atoms with Gasteiger partial charge in [-0.1, -0.05) is 6.92 Å². The van der Waals surface area contributed by atoms with Crippen LogP contribution >= 0.6 is 0 Å². The number of ether oxygens (including phenoxy) is 2. The molecule has 2 saturated heterocycles. The first-order valence-corrected chi connectivity index (χ1v) is 9.54. The summed E-state index contributed by atoms with van der Waals surface area (Å²) in [6.45, 7) is 5.11. The van der Waals surface area contributed by atoms with Crippen molar-refractivity contribution in [3.05, 3.63) is 0 Å². The Bertz CT molecular complexity index is 517. The zero-order valence-electron chi connectivity index (χ0n) is 12.9. The third-order valence-electron chi connectivity index (χ3n) is 4.64. The lowest BCUT2D eigenvalue weighted by atomic mass is 10.2. The van der Waals surface area contributed by atoms with E-state index in [0.717, 1.165) is 6.42 Å². The zero-order chi connectivity index (χ0) is 15.7. The second-order valence-electron chi connectivity index (χ2n) is 6.39. The minimum absolute atomic E-state index is 0.0585. The summed E-state index contributed by atoms with van der Waals surface area (Å²) in [7, 11) is -3.36. The van der Waals surface area contributed by atoms with E-state index in [1.807, 2.05) is 0 Å². The molecule has 0 radical (unpaired) electrons. The van der Waals surface area contributed by atoms with Crippen LogP contribution in [0.15, 0.2) is 0 Å². The molecule has 2 aliphatic heterocycles. The number of hydrogen-bond acceptors (Lipinski definition) is 5. The van der Waals surface area contributed by atoms with Crippen LogP contribution in [-0.4, -0.2) is 81.4 Å². The van der Waals surface area contributed by atoms with Crippen LogP contribution in [0.1, 0.15) is 13.3 Å². The van der Waals surface area contributed by atoms with Gasteiger partial charge in [0.15, 0.2) is 0 Å². The Morgan fingerprint density at radius 2 is 1.86 bits per heavy atom. The SMILES string of the molecule is C[C@@H]1C[C@H]1C(=O)N1CCO[C@H](CS(=O)(=O)N2CCOCC2)C1. The van der Waals surface area contributed by atoms with E-state index >= 15 is 0 Å². The number of rotatable bonds is 4. The minimum Gasteiger partial charge on any atom is -0.379 e. The van der Waals surface area contributed by atoms with E-state index in [1.54, 1.807) is 4.90 Å². The first kappa shape index (κ1) is 16.2. The Hall–Kier alpha value is -0.700. The van der Waals surface area contributed by atoms with E-state index in [1.165, 1.54) is 4.31 Å². The first-order chi connectivity index (χ1) is 10.5. The van der Waals surface area contributed by atoms with Crippen molar-refractivity contribution in [2.24, 2.45) is 11.8 Å². The summed E-state index contributed by atoms with van der Waals surface area (Å²) in [5, 5.41) is 0. The standard InChI is InChI=1S/C14H24N2O5S/c1-11-8-13(11)14(17)15-2-7-21-12(9-15)10-22(18,19)16-3-5-20-6-4-16/h11-13H,2-10H2,1H3/t11-,12+,13-/m1/s1. The van der Waals surface area contributed by atoms with Crippen LogP contribution in [0.25, 0.3) is 0 Å². The highest BCUT2D eigenvalue weighted by atomic mass is 32.2. The molecule has 2 heterocycles. The van der Waals surface area contributed by atoms with E-state index in [-0.39, 0.29) is 17.6 Å². The van der Waals surface area contributed by atoms with Gasteiger partial charge in [0.1, 0.15) is 0 Å². The van der Waals surface area contributed by atoms with Gasteiger partial charge in [0, 0.05) is 32.1 Å². The van der Waals surface area contributed by atoms with Gasteiger partial charge in [0.05, 0.1) is 31.7 Å². The molecule has 22 heavy (non-hydrogen) atoms. The van der Waals surface area contributed by atoms with Gasteiger partial charge in [0.25, 0.3) is 0 Å². The van der Waals surface area contributed by atoms with Crippen LogP contribution in [0.3, 0.4) is 0 Å². The highest BCUT2D eigenvalue weighted by Gasteiger charge is 2.43. The van der Waals surface area contributed by atoms with Crippen molar-refractivity contribution in [2.75, 3.05) is 51.8 Å². The molecule has 3 atom stereocenters. The molecule has 7 nitrogen and oxygen atoms in total. The molecule has 0 aromatic rings. The molecule has 0 bridgehead atoms. The number of amides is 1. The summed E-state index contributed by atoms with van der Waals surface area (Å²) in [6.07, 6.45) is 0.520. The van der Waals surface area contributed by atoms with Crippen molar-refractivity contribution in [3.8, 4) is 0 Å². The van der Waals surface area contributed by atoms with E-state index in [2.05, 4.69) is 6.92 Å². The van der Waals surface area contributed by atoms with Crippen molar-refractivity contribution in [3.63, 3.8) is 0 Å².